The molecule has 21 heavy (non-hydrogen) atoms. The van der Waals surface area contributed by atoms with Crippen molar-refractivity contribution in [1.82, 2.24) is 4.98 Å². The summed E-state index contributed by atoms with van der Waals surface area (Å²) in [6, 6.07) is 10.9. The van der Waals surface area contributed by atoms with Gasteiger partial charge >= 0.3 is 0 Å². The first-order valence-electron chi connectivity index (χ1n) is 6.79. The molecule has 1 aromatic carbocycles. The number of anilines is 2. The molecule has 0 aliphatic carbocycles. The topological polar surface area (TPSA) is 54.5 Å². The van der Waals surface area contributed by atoms with Crippen molar-refractivity contribution in [2.24, 2.45) is 0 Å². The Morgan fingerprint density at radius 3 is 2.76 bits per heavy atom. The van der Waals surface area contributed by atoms with E-state index >= 15 is 0 Å². The molecule has 0 spiro atoms. The number of carbonyl (C=O) groups excluding carboxylic acids is 1. The number of carbonyl (C=O) groups is 1. The summed E-state index contributed by atoms with van der Waals surface area (Å²) in [6.07, 6.45) is 1.66. The fraction of sp³-hybridized carbons (Fsp3) is 0.250. The maximum Gasteiger partial charge on any atom is 0.261 e. The van der Waals surface area contributed by atoms with Crippen LogP contribution >= 0.6 is 0 Å². The Morgan fingerprint density at radius 2 is 2.05 bits per heavy atom. The van der Waals surface area contributed by atoms with Crippen LogP contribution in [0.25, 0.3) is 0 Å². The van der Waals surface area contributed by atoms with Crippen molar-refractivity contribution in [3.8, 4) is 5.75 Å². The van der Waals surface area contributed by atoms with E-state index in [0.717, 1.165) is 5.69 Å². The molecule has 1 aromatic heterocycles. The zero-order valence-corrected chi connectivity index (χ0v) is 12.5. The molecule has 0 radical (unpaired) electrons. The fourth-order valence-corrected chi connectivity index (χ4v) is 2.08. The molecule has 1 N–H and O–H groups in total. The van der Waals surface area contributed by atoms with E-state index in [4.69, 9.17) is 4.74 Å². The molecular formula is C16H19N3O2. The van der Waals surface area contributed by atoms with E-state index in [1.807, 2.05) is 31.2 Å². The van der Waals surface area contributed by atoms with Gasteiger partial charge in [0.25, 0.3) is 5.91 Å². The quantitative estimate of drug-likeness (QED) is 0.917. The summed E-state index contributed by atoms with van der Waals surface area (Å²) in [5.74, 6) is 1.11. The Balaban J connectivity index is 2.35. The summed E-state index contributed by atoms with van der Waals surface area (Å²) in [5, 5.41) is 3.10. The van der Waals surface area contributed by atoms with Crippen LogP contribution in [0.1, 0.15) is 17.3 Å². The summed E-state index contributed by atoms with van der Waals surface area (Å²) in [5.41, 5.74) is 1.25. The van der Waals surface area contributed by atoms with Crippen LogP contribution in [0.3, 0.4) is 0 Å². The lowest BCUT2D eigenvalue weighted by atomic mass is 10.2. The number of aromatic nitrogens is 1. The average molecular weight is 285 g/mol. The molecule has 1 heterocycles. The van der Waals surface area contributed by atoms with Crippen molar-refractivity contribution in [3.63, 3.8) is 0 Å². The molecule has 1 amide bonds. The van der Waals surface area contributed by atoms with E-state index in [9.17, 15) is 4.79 Å². The Morgan fingerprint density at radius 1 is 1.29 bits per heavy atom. The molecule has 5 nitrogen and oxygen atoms in total. The lowest BCUT2D eigenvalue weighted by Crippen LogP contribution is -2.27. The number of ether oxygens (including phenoxy) is 1. The fourth-order valence-electron chi connectivity index (χ4n) is 2.08. The number of amides is 1. The van der Waals surface area contributed by atoms with Crippen LogP contribution in [0.4, 0.5) is 11.5 Å². The molecule has 0 fully saturated rings. The Bertz CT molecular complexity index is 628. The van der Waals surface area contributed by atoms with E-state index in [-0.39, 0.29) is 5.91 Å². The van der Waals surface area contributed by atoms with E-state index < -0.39 is 0 Å². The van der Waals surface area contributed by atoms with Gasteiger partial charge in [-0.25, -0.2) is 4.98 Å². The van der Waals surface area contributed by atoms with Crippen molar-refractivity contribution in [3.05, 3.63) is 48.2 Å². The molecule has 0 atom stereocenters. The zero-order chi connectivity index (χ0) is 15.2. The lowest BCUT2D eigenvalue weighted by Gasteiger charge is -2.21. The first kappa shape index (κ1) is 14.8. The largest absolute Gasteiger partial charge is 0.495 e. The maximum absolute atomic E-state index is 12.7. The number of rotatable bonds is 5. The summed E-state index contributed by atoms with van der Waals surface area (Å²) in [7, 11) is 3.31. The molecule has 0 aliphatic heterocycles. The average Bonchev–Trinajstić information content (AvgIpc) is 2.54. The van der Waals surface area contributed by atoms with Crippen LogP contribution in [-0.4, -0.2) is 31.6 Å². The third kappa shape index (κ3) is 3.13. The highest BCUT2D eigenvalue weighted by Crippen LogP contribution is 2.28. The molecule has 0 bridgehead atoms. The van der Waals surface area contributed by atoms with Gasteiger partial charge in [0.1, 0.15) is 11.6 Å². The van der Waals surface area contributed by atoms with Gasteiger partial charge in [-0.05, 0) is 31.2 Å². The van der Waals surface area contributed by atoms with Crippen molar-refractivity contribution < 1.29 is 9.53 Å². The first-order chi connectivity index (χ1) is 10.2. The summed E-state index contributed by atoms with van der Waals surface area (Å²) in [6.45, 7) is 2.67. The molecule has 0 saturated heterocycles. The molecule has 5 heteroatoms. The van der Waals surface area contributed by atoms with Crippen LogP contribution in [0.15, 0.2) is 42.6 Å². The van der Waals surface area contributed by atoms with E-state index in [0.29, 0.717) is 23.7 Å². The van der Waals surface area contributed by atoms with Gasteiger partial charge in [0.2, 0.25) is 0 Å². The smallest absolute Gasteiger partial charge is 0.261 e. The third-order valence-electron chi connectivity index (χ3n) is 3.13. The number of hydrogen-bond acceptors (Lipinski definition) is 4. The highest BCUT2D eigenvalue weighted by molar-refractivity contribution is 6.09. The van der Waals surface area contributed by atoms with Crippen LogP contribution in [0, 0.1) is 0 Å². The number of benzene rings is 1. The van der Waals surface area contributed by atoms with Gasteiger partial charge in [0.15, 0.2) is 0 Å². The van der Waals surface area contributed by atoms with Gasteiger partial charge in [0.05, 0.1) is 18.4 Å². The second-order valence-corrected chi connectivity index (χ2v) is 4.47. The van der Waals surface area contributed by atoms with Crippen LogP contribution in [0.2, 0.25) is 0 Å². The molecule has 110 valence electrons. The molecule has 0 saturated carbocycles. The molecule has 0 unspecified atom stereocenters. The van der Waals surface area contributed by atoms with Crippen molar-refractivity contribution in [1.29, 1.82) is 0 Å². The van der Waals surface area contributed by atoms with E-state index in [1.54, 1.807) is 37.4 Å². The van der Waals surface area contributed by atoms with Gasteiger partial charge in [-0.2, -0.15) is 0 Å². The van der Waals surface area contributed by atoms with Crippen LogP contribution in [-0.2, 0) is 0 Å². The number of pyridine rings is 1. The second-order valence-electron chi connectivity index (χ2n) is 4.47. The Labute approximate surface area is 124 Å². The zero-order valence-electron chi connectivity index (χ0n) is 12.5. The highest BCUT2D eigenvalue weighted by Gasteiger charge is 2.19. The van der Waals surface area contributed by atoms with Crippen LogP contribution < -0.4 is 15.0 Å². The number of nitrogens with one attached hydrogen (secondary N) is 1. The predicted molar refractivity (Wildman–Crippen MR) is 84.1 cm³/mol. The SMILES string of the molecule is CCNc1ncccc1C(=O)N(C)c1ccccc1OC. The van der Waals surface area contributed by atoms with Crippen molar-refractivity contribution in [2.45, 2.75) is 6.92 Å². The molecule has 2 aromatic rings. The third-order valence-corrected chi connectivity index (χ3v) is 3.13. The Hall–Kier alpha value is -2.56. The predicted octanol–water partition coefficient (Wildman–Crippen LogP) is 2.80. The number of methoxy groups -OCH3 is 1. The minimum absolute atomic E-state index is 0.136. The monoisotopic (exact) mass is 285 g/mol. The second kappa shape index (κ2) is 6.74. The van der Waals surface area contributed by atoms with E-state index in [2.05, 4.69) is 10.3 Å². The standard InChI is InChI=1S/C16H19N3O2/c1-4-17-15-12(8-7-11-18-15)16(20)19(2)13-9-5-6-10-14(13)21-3/h5-11H,4H2,1-3H3,(H,17,18). The first-order valence-corrected chi connectivity index (χ1v) is 6.79. The number of hydrogen-bond donors (Lipinski definition) is 1. The van der Waals surface area contributed by atoms with Crippen LogP contribution in [0.5, 0.6) is 5.75 Å². The van der Waals surface area contributed by atoms with Gasteiger partial charge in [0, 0.05) is 19.8 Å². The van der Waals surface area contributed by atoms with Gasteiger partial charge < -0.3 is 15.0 Å². The summed E-state index contributed by atoms with van der Waals surface area (Å²) < 4.78 is 5.31. The van der Waals surface area contributed by atoms with Gasteiger partial charge in [-0.15, -0.1) is 0 Å². The number of nitrogens with zero attached hydrogens (tertiary/aromatic N) is 2. The molecular weight excluding hydrogens is 266 g/mol. The van der Waals surface area contributed by atoms with Gasteiger partial charge in [-0.3, -0.25) is 4.79 Å². The summed E-state index contributed by atoms with van der Waals surface area (Å²) in [4.78, 5) is 18.5. The highest BCUT2D eigenvalue weighted by atomic mass is 16.5. The molecule has 2 rings (SSSR count). The minimum Gasteiger partial charge on any atom is -0.495 e. The summed E-state index contributed by atoms with van der Waals surface area (Å²) >= 11 is 0. The Kier molecular flexibility index (Phi) is 4.77. The van der Waals surface area contributed by atoms with E-state index in [1.165, 1.54) is 0 Å². The molecule has 0 aliphatic rings. The van der Waals surface area contributed by atoms with Crippen molar-refractivity contribution in [2.75, 3.05) is 30.9 Å². The lowest BCUT2D eigenvalue weighted by molar-refractivity contribution is 0.0993. The number of para-hydroxylation sites is 2. The van der Waals surface area contributed by atoms with Gasteiger partial charge in [-0.1, -0.05) is 12.1 Å². The minimum atomic E-state index is -0.136. The normalized spacial score (nSPS) is 10.0. The van der Waals surface area contributed by atoms with Crippen molar-refractivity contribution >= 4 is 17.4 Å². The maximum atomic E-state index is 12.7.